The number of nitro groups is 1. The number of hydrogen-bond donors (Lipinski definition) is 2. The van der Waals surface area contributed by atoms with Crippen molar-refractivity contribution in [3.8, 4) is 11.3 Å². The largest absolute Gasteiger partial charge is 0.468 e. The molecule has 0 aliphatic carbocycles. The van der Waals surface area contributed by atoms with Gasteiger partial charge in [0.2, 0.25) is 0 Å². The number of rotatable bonds is 10. The second kappa shape index (κ2) is 11.0. The first-order chi connectivity index (χ1) is 15.1. The van der Waals surface area contributed by atoms with Gasteiger partial charge in [0.15, 0.2) is 5.92 Å². The van der Waals surface area contributed by atoms with E-state index in [1.54, 1.807) is 6.92 Å². The van der Waals surface area contributed by atoms with Crippen molar-refractivity contribution in [1.29, 1.82) is 0 Å². The lowest BCUT2D eigenvalue weighted by Gasteiger charge is -2.15. The number of nitro benzene ring substituents is 1. The van der Waals surface area contributed by atoms with E-state index in [0.29, 0.717) is 29.4 Å². The summed E-state index contributed by atoms with van der Waals surface area (Å²) < 4.78 is 15.0. The van der Waals surface area contributed by atoms with Crippen molar-refractivity contribution in [2.24, 2.45) is 0 Å². The molecule has 1 unspecified atom stereocenters. The second-order valence-corrected chi connectivity index (χ2v) is 7.39. The molecule has 0 saturated carbocycles. The van der Waals surface area contributed by atoms with Gasteiger partial charge in [-0.3, -0.25) is 19.7 Å². The number of carbonyl (C=O) groups is 2. The highest BCUT2D eigenvalue weighted by atomic mass is 35.5. The SMILES string of the molecule is CNC(C)COCc1nc(C)[nH]c1-c1cc(Cl)c([N+](=O)[O-])c(C(C(=O)OC)C(=O)OC)c1. The fourth-order valence-electron chi connectivity index (χ4n) is 3.06. The average Bonchev–Trinajstić information content (AvgIpc) is 3.12. The van der Waals surface area contributed by atoms with Crippen LogP contribution >= 0.6 is 11.6 Å². The Labute approximate surface area is 189 Å². The highest BCUT2D eigenvalue weighted by molar-refractivity contribution is 6.33. The van der Waals surface area contributed by atoms with Crippen molar-refractivity contribution in [2.45, 2.75) is 32.4 Å². The molecule has 11 nitrogen and oxygen atoms in total. The monoisotopic (exact) mass is 468 g/mol. The molecule has 0 aliphatic rings. The van der Waals surface area contributed by atoms with Crippen LogP contribution in [0, 0.1) is 17.0 Å². The van der Waals surface area contributed by atoms with Gasteiger partial charge < -0.3 is 24.5 Å². The van der Waals surface area contributed by atoms with Crippen LogP contribution in [0.15, 0.2) is 12.1 Å². The van der Waals surface area contributed by atoms with Gasteiger partial charge in [-0.1, -0.05) is 11.6 Å². The minimum Gasteiger partial charge on any atom is -0.468 e. The molecule has 1 aromatic carbocycles. The number of ether oxygens (including phenoxy) is 3. The number of aryl methyl sites for hydroxylation is 1. The van der Waals surface area contributed by atoms with E-state index in [-0.39, 0.29) is 23.2 Å². The zero-order valence-electron chi connectivity index (χ0n) is 18.4. The van der Waals surface area contributed by atoms with E-state index < -0.39 is 28.5 Å². The molecular weight excluding hydrogens is 444 g/mol. The quantitative estimate of drug-likeness (QED) is 0.232. The van der Waals surface area contributed by atoms with E-state index in [1.807, 2.05) is 14.0 Å². The third-order valence-corrected chi connectivity index (χ3v) is 5.03. The topological polar surface area (TPSA) is 146 Å². The Morgan fingerprint density at radius 1 is 1.28 bits per heavy atom. The number of hydrogen-bond acceptors (Lipinski definition) is 9. The van der Waals surface area contributed by atoms with Crippen molar-refractivity contribution >= 4 is 29.2 Å². The van der Waals surface area contributed by atoms with Crippen molar-refractivity contribution in [3.05, 3.63) is 44.4 Å². The molecule has 12 heteroatoms. The third kappa shape index (κ3) is 5.61. The Bertz CT molecular complexity index is 992. The molecular formula is C20H25ClN4O7. The van der Waals surface area contributed by atoms with Gasteiger partial charge in [-0.05, 0) is 33.0 Å². The summed E-state index contributed by atoms with van der Waals surface area (Å²) in [6.07, 6.45) is 0. The van der Waals surface area contributed by atoms with Crippen molar-refractivity contribution in [1.82, 2.24) is 15.3 Å². The fraction of sp³-hybridized carbons (Fsp3) is 0.450. The maximum absolute atomic E-state index is 12.3. The Morgan fingerprint density at radius 2 is 1.91 bits per heavy atom. The number of benzene rings is 1. The van der Waals surface area contributed by atoms with Crippen LogP contribution in [0.5, 0.6) is 0 Å². The van der Waals surface area contributed by atoms with E-state index in [2.05, 4.69) is 24.8 Å². The Morgan fingerprint density at radius 3 is 2.44 bits per heavy atom. The summed E-state index contributed by atoms with van der Waals surface area (Å²) >= 11 is 6.22. The Hall–Kier alpha value is -3.02. The van der Waals surface area contributed by atoms with Crippen molar-refractivity contribution in [3.63, 3.8) is 0 Å². The Balaban J connectivity index is 2.61. The van der Waals surface area contributed by atoms with E-state index in [4.69, 9.17) is 16.3 Å². The fourth-order valence-corrected chi connectivity index (χ4v) is 3.36. The lowest BCUT2D eigenvalue weighted by atomic mass is 9.94. The molecule has 0 bridgehead atoms. The van der Waals surface area contributed by atoms with Gasteiger partial charge >= 0.3 is 11.9 Å². The van der Waals surface area contributed by atoms with Crippen LogP contribution in [-0.2, 0) is 30.4 Å². The van der Waals surface area contributed by atoms with Gasteiger partial charge in [-0.15, -0.1) is 0 Å². The normalized spacial score (nSPS) is 12.0. The summed E-state index contributed by atoms with van der Waals surface area (Å²) in [4.78, 5) is 43.0. The maximum Gasteiger partial charge on any atom is 0.324 e. The lowest BCUT2D eigenvalue weighted by Crippen LogP contribution is -2.26. The molecule has 1 atom stereocenters. The zero-order valence-corrected chi connectivity index (χ0v) is 19.1. The van der Waals surface area contributed by atoms with Crippen LogP contribution in [0.2, 0.25) is 5.02 Å². The number of carbonyl (C=O) groups excluding carboxylic acids is 2. The first kappa shape index (κ1) is 25.2. The maximum atomic E-state index is 12.3. The number of aromatic amines is 1. The molecule has 2 N–H and O–H groups in total. The number of nitrogens with zero attached hydrogens (tertiary/aromatic N) is 2. The van der Waals surface area contributed by atoms with Crippen LogP contribution in [0.3, 0.4) is 0 Å². The van der Waals surface area contributed by atoms with Crippen LogP contribution in [0.25, 0.3) is 11.3 Å². The van der Waals surface area contributed by atoms with Gasteiger partial charge in [0.05, 0.1) is 49.3 Å². The van der Waals surface area contributed by atoms with Gasteiger partial charge in [-0.25, -0.2) is 4.98 Å². The van der Waals surface area contributed by atoms with E-state index in [1.165, 1.54) is 12.1 Å². The molecule has 2 aromatic rings. The Kier molecular flexibility index (Phi) is 8.70. The summed E-state index contributed by atoms with van der Waals surface area (Å²) in [6.45, 7) is 4.29. The number of methoxy groups -OCH3 is 2. The zero-order chi connectivity index (χ0) is 24.0. The first-order valence-corrected chi connectivity index (χ1v) is 9.96. The third-order valence-electron chi connectivity index (χ3n) is 4.75. The van der Waals surface area contributed by atoms with Crippen molar-refractivity contribution in [2.75, 3.05) is 27.9 Å². The molecule has 0 amide bonds. The van der Waals surface area contributed by atoms with Gasteiger partial charge in [0, 0.05) is 11.6 Å². The molecule has 174 valence electrons. The molecule has 1 aromatic heterocycles. The number of H-pyrrole nitrogens is 1. The molecule has 0 aliphatic heterocycles. The number of nitrogens with one attached hydrogen (secondary N) is 2. The van der Waals surface area contributed by atoms with E-state index in [9.17, 15) is 19.7 Å². The minimum absolute atomic E-state index is 0.125. The summed E-state index contributed by atoms with van der Waals surface area (Å²) in [7, 11) is 3.95. The lowest BCUT2D eigenvalue weighted by molar-refractivity contribution is -0.385. The smallest absolute Gasteiger partial charge is 0.324 e. The molecule has 0 fully saturated rings. The van der Waals surface area contributed by atoms with Crippen LogP contribution in [-0.4, -0.2) is 60.7 Å². The number of halogens is 1. The minimum atomic E-state index is -1.69. The molecule has 0 saturated heterocycles. The summed E-state index contributed by atoms with van der Waals surface area (Å²) in [5, 5.41) is 14.5. The molecule has 32 heavy (non-hydrogen) atoms. The molecule has 1 heterocycles. The predicted octanol–water partition coefficient (Wildman–Crippen LogP) is 2.50. The average molecular weight is 469 g/mol. The van der Waals surface area contributed by atoms with Crippen LogP contribution in [0.1, 0.15) is 29.9 Å². The van der Waals surface area contributed by atoms with Gasteiger partial charge in [0.25, 0.3) is 5.69 Å². The number of esters is 2. The predicted molar refractivity (Wildman–Crippen MR) is 115 cm³/mol. The summed E-state index contributed by atoms with van der Waals surface area (Å²) in [6, 6.07) is 2.82. The van der Waals surface area contributed by atoms with Crippen molar-refractivity contribution < 1.29 is 28.7 Å². The number of likely N-dealkylation sites (N-methyl/N-ethyl adjacent to an activating group) is 1. The second-order valence-electron chi connectivity index (χ2n) is 6.98. The first-order valence-electron chi connectivity index (χ1n) is 9.58. The van der Waals surface area contributed by atoms with Gasteiger partial charge in [-0.2, -0.15) is 0 Å². The van der Waals surface area contributed by atoms with E-state index >= 15 is 0 Å². The summed E-state index contributed by atoms with van der Waals surface area (Å²) in [5.74, 6) is -3.14. The molecule has 2 rings (SSSR count). The highest BCUT2D eigenvalue weighted by Gasteiger charge is 2.38. The summed E-state index contributed by atoms with van der Waals surface area (Å²) in [5.41, 5.74) is 0.571. The number of imidazole rings is 1. The van der Waals surface area contributed by atoms with Crippen LogP contribution < -0.4 is 5.32 Å². The highest BCUT2D eigenvalue weighted by Crippen LogP contribution is 2.39. The van der Waals surface area contributed by atoms with Crippen LogP contribution in [0.4, 0.5) is 5.69 Å². The molecule has 0 radical (unpaired) electrons. The number of aromatic nitrogens is 2. The standard InChI is InChI=1S/C20H25ClN4O7/c1-10(22-3)8-32-9-15-17(24-11(2)23-15)12-6-13(18(25(28)29)14(21)7-12)16(19(26)30-4)20(27)31-5/h6-7,10,16,22H,8-9H2,1-5H3,(H,23,24). The van der Waals surface area contributed by atoms with E-state index in [0.717, 1.165) is 14.2 Å². The molecule has 0 spiro atoms. The van der Waals surface area contributed by atoms with Gasteiger partial charge in [0.1, 0.15) is 10.8 Å².